The molecule has 0 saturated carbocycles. The summed E-state index contributed by atoms with van der Waals surface area (Å²) in [6, 6.07) is 15.0. The molecular formula is C28H26N2O6. The van der Waals surface area contributed by atoms with E-state index in [1.807, 2.05) is 31.2 Å². The lowest BCUT2D eigenvalue weighted by Crippen LogP contribution is -2.29. The number of likely N-dealkylation sites (tertiary alicyclic amines) is 1. The van der Waals surface area contributed by atoms with Crippen LogP contribution < -0.4 is 14.2 Å². The van der Waals surface area contributed by atoms with Crippen molar-refractivity contribution in [2.75, 3.05) is 19.8 Å². The molecule has 1 aromatic heterocycles. The molecule has 1 fully saturated rings. The molecule has 2 aliphatic heterocycles. The summed E-state index contributed by atoms with van der Waals surface area (Å²) in [4.78, 5) is 32.0. The molecule has 2 aliphatic rings. The van der Waals surface area contributed by atoms with Gasteiger partial charge in [-0.25, -0.2) is 0 Å². The smallest absolute Gasteiger partial charge is 0.295 e. The number of ether oxygens (including phenoxy) is 3. The Balaban J connectivity index is 1.59. The zero-order chi connectivity index (χ0) is 25.1. The Bertz CT molecular complexity index is 1300. The first-order chi connectivity index (χ1) is 17.6. The van der Waals surface area contributed by atoms with Crippen LogP contribution in [0.1, 0.15) is 36.1 Å². The first-order valence-corrected chi connectivity index (χ1v) is 11.9. The molecule has 0 bridgehead atoms. The van der Waals surface area contributed by atoms with Gasteiger partial charge < -0.3 is 24.2 Å². The molecule has 5 rings (SSSR count). The fourth-order valence-electron chi connectivity index (χ4n) is 4.39. The van der Waals surface area contributed by atoms with Crippen LogP contribution in [-0.2, 0) is 16.1 Å². The molecular weight excluding hydrogens is 460 g/mol. The molecule has 1 N–H and O–H groups in total. The van der Waals surface area contributed by atoms with Crippen molar-refractivity contribution < 1.29 is 28.9 Å². The molecule has 0 aliphatic carbocycles. The lowest BCUT2D eigenvalue weighted by molar-refractivity contribution is -0.140. The maximum Gasteiger partial charge on any atom is 0.295 e. The van der Waals surface area contributed by atoms with E-state index in [2.05, 4.69) is 4.98 Å². The normalized spacial score (nSPS) is 18.4. The Morgan fingerprint density at radius 2 is 1.75 bits per heavy atom. The molecule has 1 unspecified atom stereocenters. The molecule has 0 spiro atoms. The number of hydrogen-bond donors (Lipinski definition) is 1. The highest BCUT2D eigenvalue weighted by atomic mass is 16.6. The number of ketones is 1. The van der Waals surface area contributed by atoms with Gasteiger partial charge in [0.15, 0.2) is 11.5 Å². The van der Waals surface area contributed by atoms with Crippen LogP contribution in [0.3, 0.4) is 0 Å². The van der Waals surface area contributed by atoms with E-state index < -0.39 is 17.7 Å². The number of aromatic nitrogens is 1. The number of fused-ring (bicyclic) bond motifs is 1. The number of carbonyl (C=O) groups excluding carboxylic acids is 2. The van der Waals surface area contributed by atoms with E-state index in [4.69, 9.17) is 14.2 Å². The number of pyridine rings is 1. The predicted octanol–water partition coefficient (Wildman–Crippen LogP) is 4.26. The number of carbonyl (C=O) groups is 2. The number of amides is 1. The van der Waals surface area contributed by atoms with Crippen LogP contribution in [-0.4, -0.2) is 46.5 Å². The molecule has 36 heavy (non-hydrogen) atoms. The fourth-order valence-corrected chi connectivity index (χ4v) is 4.39. The van der Waals surface area contributed by atoms with Gasteiger partial charge in [0.1, 0.15) is 24.7 Å². The van der Waals surface area contributed by atoms with Crippen LogP contribution in [0, 0.1) is 0 Å². The van der Waals surface area contributed by atoms with Gasteiger partial charge in [-0.1, -0.05) is 19.1 Å². The molecule has 3 heterocycles. The van der Waals surface area contributed by atoms with Crippen molar-refractivity contribution in [1.82, 2.24) is 9.88 Å². The highest BCUT2D eigenvalue weighted by Gasteiger charge is 2.46. The van der Waals surface area contributed by atoms with Crippen molar-refractivity contribution in [2.24, 2.45) is 0 Å². The van der Waals surface area contributed by atoms with Crippen LogP contribution in [0.25, 0.3) is 5.76 Å². The Kier molecular flexibility index (Phi) is 6.58. The van der Waals surface area contributed by atoms with E-state index >= 15 is 0 Å². The number of aliphatic hydroxyl groups is 1. The van der Waals surface area contributed by atoms with Crippen molar-refractivity contribution in [3.8, 4) is 17.2 Å². The third kappa shape index (κ3) is 4.49. The van der Waals surface area contributed by atoms with E-state index in [0.717, 1.165) is 12.0 Å². The minimum atomic E-state index is -0.786. The van der Waals surface area contributed by atoms with Gasteiger partial charge in [-0.2, -0.15) is 0 Å². The summed E-state index contributed by atoms with van der Waals surface area (Å²) in [5.41, 5.74) is 1.90. The summed E-state index contributed by atoms with van der Waals surface area (Å²) >= 11 is 0. The average molecular weight is 487 g/mol. The standard InChI is InChI=1S/C28H26N2O6/c1-2-13-34-21-6-3-19(4-7-21)25-24(26(31)20-5-8-22-23(16-20)36-15-14-35-22)27(32)28(33)30(25)17-18-9-11-29-12-10-18/h3-12,16,25,31H,2,13-15,17H2,1H3. The molecule has 2 aromatic carbocycles. The highest BCUT2D eigenvalue weighted by molar-refractivity contribution is 6.46. The second-order valence-corrected chi connectivity index (χ2v) is 8.56. The van der Waals surface area contributed by atoms with Crippen LogP contribution in [0.5, 0.6) is 17.2 Å². The zero-order valence-corrected chi connectivity index (χ0v) is 19.8. The minimum Gasteiger partial charge on any atom is -0.507 e. The molecule has 8 nitrogen and oxygen atoms in total. The first-order valence-electron chi connectivity index (χ1n) is 11.9. The average Bonchev–Trinajstić information content (AvgIpc) is 3.17. The summed E-state index contributed by atoms with van der Waals surface area (Å²) in [7, 11) is 0. The predicted molar refractivity (Wildman–Crippen MR) is 132 cm³/mol. The van der Waals surface area contributed by atoms with Crippen LogP contribution in [0.15, 0.2) is 72.6 Å². The molecule has 1 saturated heterocycles. The van der Waals surface area contributed by atoms with E-state index in [0.29, 0.717) is 48.2 Å². The Labute approximate surface area is 208 Å². The Morgan fingerprint density at radius 3 is 2.47 bits per heavy atom. The van der Waals surface area contributed by atoms with Gasteiger partial charge in [0.25, 0.3) is 11.7 Å². The molecule has 0 radical (unpaired) electrons. The molecule has 184 valence electrons. The maximum absolute atomic E-state index is 13.3. The SMILES string of the molecule is CCCOc1ccc(C2C(=C(O)c3ccc4c(c3)OCCO4)C(=O)C(=O)N2Cc2ccncc2)cc1. The number of Topliss-reactive ketones (excluding diaryl/α,β-unsaturated/α-hetero) is 1. The largest absolute Gasteiger partial charge is 0.507 e. The van der Waals surface area contributed by atoms with E-state index in [1.165, 1.54) is 4.90 Å². The summed E-state index contributed by atoms with van der Waals surface area (Å²) in [6.07, 6.45) is 4.15. The quantitative estimate of drug-likeness (QED) is 0.303. The minimum absolute atomic E-state index is 0.0213. The zero-order valence-electron chi connectivity index (χ0n) is 19.8. The van der Waals surface area contributed by atoms with Crippen LogP contribution in [0.4, 0.5) is 0 Å². The van der Waals surface area contributed by atoms with Gasteiger partial charge in [0, 0.05) is 24.5 Å². The lowest BCUT2D eigenvalue weighted by atomic mass is 9.95. The van der Waals surface area contributed by atoms with E-state index in [-0.39, 0.29) is 17.9 Å². The lowest BCUT2D eigenvalue weighted by Gasteiger charge is -2.26. The number of nitrogens with zero attached hydrogens (tertiary/aromatic N) is 2. The molecule has 1 atom stereocenters. The number of rotatable bonds is 7. The topological polar surface area (TPSA) is 98.2 Å². The number of benzene rings is 2. The van der Waals surface area contributed by atoms with Gasteiger partial charge in [0.05, 0.1) is 18.2 Å². The van der Waals surface area contributed by atoms with Crippen molar-refractivity contribution in [2.45, 2.75) is 25.9 Å². The van der Waals surface area contributed by atoms with Gasteiger partial charge in [-0.3, -0.25) is 14.6 Å². The maximum atomic E-state index is 13.3. The third-order valence-corrected chi connectivity index (χ3v) is 6.13. The second kappa shape index (κ2) is 10.1. The van der Waals surface area contributed by atoms with Gasteiger partial charge in [0.2, 0.25) is 0 Å². The van der Waals surface area contributed by atoms with Gasteiger partial charge in [-0.15, -0.1) is 0 Å². The van der Waals surface area contributed by atoms with Crippen LogP contribution >= 0.6 is 0 Å². The first kappa shape index (κ1) is 23.4. The molecule has 1 amide bonds. The summed E-state index contributed by atoms with van der Waals surface area (Å²) in [5, 5.41) is 11.3. The monoisotopic (exact) mass is 486 g/mol. The van der Waals surface area contributed by atoms with Gasteiger partial charge >= 0.3 is 0 Å². The molecule has 8 heteroatoms. The Morgan fingerprint density at radius 1 is 1.03 bits per heavy atom. The summed E-state index contributed by atoms with van der Waals surface area (Å²) in [6.45, 7) is 3.63. The number of hydrogen-bond acceptors (Lipinski definition) is 7. The fraction of sp³-hybridized carbons (Fsp3) is 0.250. The van der Waals surface area contributed by atoms with E-state index in [9.17, 15) is 14.7 Å². The highest BCUT2D eigenvalue weighted by Crippen LogP contribution is 2.42. The number of aliphatic hydroxyl groups excluding tert-OH is 1. The summed E-state index contributed by atoms with van der Waals surface area (Å²) in [5.74, 6) is 0.0489. The van der Waals surface area contributed by atoms with Crippen molar-refractivity contribution in [3.63, 3.8) is 0 Å². The van der Waals surface area contributed by atoms with E-state index in [1.54, 1.807) is 42.7 Å². The second-order valence-electron chi connectivity index (χ2n) is 8.56. The van der Waals surface area contributed by atoms with Gasteiger partial charge in [-0.05, 0) is 60.0 Å². The van der Waals surface area contributed by atoms with Crippen LogP contribution in [0.2, 0.25) is 0 Å². The Hall–Kier alpha value is -4.33. The molecule has 3 aromatic rings. The summed E-state index contributed by atoms with van der Waals surface area (Å²) < 4.78 is 16.9. The van der Waals surface area contributed by atoms with Crippen molar-refractivity contribution >= 4 is 17.4 Å². The van der Waals surface area contributed by atoms with Crippen molar-refractivity contribution in [3.05, 3.63) is 89.3 Å². The third-order valence-electron chi connectivity index (χ3n) is 6.13. The van der Waals surface area contributed by atoms with Crippen molar-refractivity contribution in [1.29, 1.82) is 0 Å².